The molecule has 16 heavy (non-hydrogen) atoms. The predicted octanol–water partition coefficient (Wildman–Crippen LogP) is 2.49. The summed E-state index contributed by atoms with van der Waals surface area (Å²) >= 11 is 0. The van der Waals surface area contributed by atoms with Gasteiger partial charge in [0.2, 0.25) is 0 Å². The van der Waals surface area contributed by atoms with Gasteiger partial charge in [-0.25, -0.2) is 0 Å². The van der Waals surface area contributed by atoms with Crippen molar-refractivity contribution in [2.45, 2.75) is 58.0 Å². The third-order valence-electron chi connectivity index (χ3n) is 5.04. The Morgan fingerprint density at radius 1 is 1.12 bits per heavy atom. The molecule has 0 spiro atoms. The second-order valence-electron chi connectivity index (χ2n) is 5.93. The third kappa shape index (κ3) is 2.60. The number of likely N-dealkylation sites (tertiary alicyclic amines) is 1. The fourth-order valence-electron chi connectivity index (χ4n) is 3.63. The molecule has 2 heteroatoms. The molecule has 2 nitrogen and oxygen atoms in total. The van der Waals surface area contributed by atoms with Gasteiger partial charge in [0.25, 0.3) is 0 Å². The van der Waals surface area contributed by atoms with E-state index in [0.29, 0.717) is 0 Å². The summed E-state index contributed by atoms with van der Waals surface area (Å²) in [6, 6.07) is 1.49. The second kappa shape index (κ2) is 5.50. The van der Waals surface area contributed by atoms with Crippen LogP contribution >= 0.6 is 0 Å². The van der Waals surface area contributed by atoms with E-state index >= 15 is 0 Å². The van der Waals surface area contributed by atoms with Crippen LogP contribution in [0.2, 0.25) is 0 Å². The van der Waals surface area contributed by atoms with Crippen LogP contribution < -0.4 is 5.32 Å². The van der Waals surface area contributed by atoms with Gasteiger partial charge in [0.15, 0.2) is 0 Å². The molecule has 0 amide bonds. The van der Waals surface area contributed by atoms with Gasteiger partial charge in [-0.2, -0.15) is 0 Å². The van der Waals surface area contributed by atoms with E-state index in [0.717, 1.165) is 23.9 Å². The molecule has 0 aromatic carbocycles. The zero-order chi connectivity index (χ0) is 11.5. The molecular formula is C14H28N2. The Balaban J connectivity index is 1.86. The average molecular weight is 224 g/mol. The first kappa shape index (κ1) is 12.4. The molecule has 0 aromatic rings. The minimum atomic E-state index is 0.731. The largest absolute Gasteiger partial charge is 0.317 e. The van der Waals surface area contributed by atoms with E-state index < -0.39 is 0 Å². The Hall–Kier alpha value is -0.0800. The number of hydrogen-bond acceptors (Lipinski definition) is 2. The summed E-state index contributed by atoms with van der Waals surface area (Å²) in [5.74, 6) is 1.79. The minimum absolute atomic E-state index is 0.731. The van der Waals surface area contributed by atoms with Crippen LogP contribution in [0.3, 0.4) is 0 Å². The monoisotopic (exact) mass is 224 g/mol. The molecule has 0 aromatic heterocycles. The number of nitrogens with zero attached hydrogens (tertiary/aromatic N) is 1. The Morgan fingerprint density at radius 3 is 2.44 bits per heavy atom. The van der Waals surface area contributed by atoms with Gasteiger partial charge in [-0.15, -0.1) is 0 Å². The first-order valence-corrected chi connectivity index (χ1v) is 7.13. The van der Waals surface area contributed by atoms with Crippen molar-refractivity contribution in [2.24, 2.45) is 11.8 Å². The van der Waals surface area contributed by atoms with Crippen LogP contribution in [0.4, 0.5) is 0 Å². The molecule has 1 aliphatic carbocycles. The first-order valence-electron chi connectivity index (χ1n) is 7.13. The van der Waals surface area contributed by atoms with Crippen molar-refractivity contribution in [1.29, 1.82) is 0 Å². The van der Waals surface area contributed by atoms with E-state index in [1.54, 1.807) is 0 Å². The topological polar surface area (TPSA) is 15.3 Å². The zero-order valence-electron chi connectivity index (χ0n) is 11.2. The molecular weight excluding hydrogens is 196 g/mol. The van der Waals surface area contributed by atoms with Crippen molar-refractivity contribution in [1.82, 2.24) is 10.2 Å². The number of rotatable bonds is 3. The molecule has 1 saturated heterocycles. The zero-order valence-corrected chi connectivity index (χ0v) is 11.2. The lowest BCUT2D eigenvalue weighted by atomic mass is 9.86. The molecule has 2 rings (SSSR count). The van der Waals surface area contributed by atoms with E-state index in [9.17, 15) is 0 Å². The molecule has 3 atom stereocenters. The molecule has 94 valence electrons. The van der Waals surface area contributed by atoms with Gasteiger partial charge in [0, 0.05) is 18.6 Å². The maximum Gasteiger partial charge on any atom is 0.0117 e. The summed E-state index contributed by atoms with van der Waals surface area (Å²) < 4.78 is 0. The fourth-order valence-corrected chi connectivity index (χ4v) is 3.63. The lowest BCUT2D eigenvalue weighted by Gasteiger charge is -2.43. The standard InChI is InChI=1S/C14H28N2/c1-11-12(2)16(9-8-14(11)15-3)10-13-6-4-5-7-13/h11-15H,4-10H2,1-3H3. The second-order valence-corrected chi connectivity index (χ2v) is 5.93. The molecule has 2 fully saturated rings. The van der Waals surface area contributed by atoms with Crippen LogP contribution in [0.1, 0.15) is 46.0 Å². The maximum absolute atomic E-state index is 3.47. The van der Waals surface area contributed by atoms with Crippen LogP contribution in [0, 0.1) is 11.8 Å². The Bertz CT molecular complexity index is 211. The molecule has 2 aliphatic rings. The van der Waals surface area contributed by atoms with Gasteiger partial charge in [-0.3, -0.25) is 0 Å². The lowest BCUT2D eigenvalue weighted by molar-refractivity contribution is 0.0734. The average Bonchev–Trinajstić information content (AvgIpc) is 2.78. The van der Waals surface area contributed by atoms with Crippen LogP contribution in [0.15, 0.2) is 0 Å². The predicted molar refractivity (Wildman–Crippen MR) is 69.6 cm³/mol. The van der Waals surface area contributed by atoms with Crippen molar-refractivity contribution in [2.75, 3.05) is 20.1 Å². The summed E-state index contributed by atoms with van der Waals surface area (Å²) in [5.41, 5.74) is 0. The van der Waals surface area contributed by atoms with E-state index in [1.165, 1.54) is 45.2 Å². The molecule has 0 bridgehead atoms. The smallest absolute Gasteiger partial charge is 0.0117 e. The molecule has 0 radical (unpaired) electrons. The van der Waals surface area contributed by atoms with E-state index in [4.69, 9.17) is 0 Å². The Kier molecular flexibility index (Phi) is 4.26. The molecule has 3 unspecified atom stereocenters. The fraction of sp³-hybridized carbons (Fsp3) is 1.00. The van der Waals surface area contributed by atoms with Crippen LogP contribution in [-0.4, -0.2) is 37.1 Å². The van der Waals surface area contributed by atoms with Gasteiger partial charge in [-0.05, 0) is 51.6 Å². The van der Waals surface area contributed by atoms with E-state index in [2.05, 4.69) is 31.1 Å². The van der Waals surface area contributed by atoms with Gasteiger partial charge < -0.3 is 10.2 Å². The summed E-state index contributed by atoms with van der Waals surface area (Å²) in [5, 5.41) is 3.47. The molecule has 1 N–H and O–H groups in total. The highest BCUT2D eigenvalue weighted by Crippen LogP contribution is 2.29. The summed E-state index contributed by atoms with van der Waals surface area (Å²) in [7, 11) is 2.11. The third-order valence-corrected chi connectivity index (χ3v) is 5.04. The van der Waals surface area contributed by atoms with Crippen molar-refractivity contribution >= 4 is 0 Å². The van der Waals surface area contributed by atoms with E-state index in [1.807, 2.05) is 0 Å². The van der Waals surface area contributed by atoms with Crippen LogP contribution in [-0.2, 0) is 0 Å². The van der Waals surface area contributed by atoms with Crippen molar-refractivity contribution in [3.8, 4) is 0 Å². The van der Waals surface area contributed by atoms with Crippen molar-refractivity contribution in [3.05, 3.63) is 0 Å². The highest BCUT2D eigenvalue weighted by Gasteiger charge is 2.32. The lowest BCUT2D eigenvalue weighted by Crippen LogP contribution is -2.53. The highest BCUT2D eigenvalue weighted by atomic mass is 15.2. The Labute approximate surface area is 101 Å². The minimum Gasteiger partial charge on any atom is -0.317 e. The Morgan fingerprint density at radius 2 is 1.81 bits per heavy atom. The van der Waals surface area contributed by atoms with E-state index in [-0.39, 0.29) is 0 Å². The van der Waals surface area contributed by atoms with Crippen molar-refractivity contribution < 1.29 is 0 Å². The summed E-state index contributed by atoms with van der Waals surface area (Å²) in [6.07, 6.45) is 7.23. The normalized spacial score (nSPS) is 38.1. The maximum atomic E-state index is 3.47. The number of nitrogens with one attached hydrogen (secondary N) is 1. The highest BCUT2D eigenvalue weighted by molar-refractivity contribution is 4.89. The quantitative estimate of drug-likeness (QED) is 0.792. The van der Waals surface area contributed by atoms with Gasteiger partial charge >= 0.3 is 0 Å². The summed E-state index contributed by atoms with van der Waals surface area (Å²) in [4.78, 5) is 2.74. The van der Waals surface area contributed by atoms with Gasteiger partial charge in [0.05, 0.1) is 0 Å². The first-order chi connectivity index (χ1) is 7.72. The van der Waals surface area contributed by atoms with Crippen LogP contribution in [0.5, 0.6) is 0 Å². The van der Waals surface area contributed by atoms with Gasteiger partial charge in [0.1, 0.15) is 0 Å². The SMILES string of the molecule is CNC1CCN(CC2CCCC2)C(C)C1C. The van der Waals surface area contributed by atoms with Crippen LogP contribution in [0.25, 0.3) is 0 Å². The molecule has 1 aliphatic heterocycles. The summed E-state index contributed by atoms with van der Waals surface area (Å²) in [6.45, 7) is 7.49. The molecule has 1 saturated carbocycles. The number of piperidine rings is 1. The van der Waals surface area contributed by atoms with Crippen molar-refractivity contribution in [3.63, 3.8) is 0 Å². The van der Waals surface area contributed by atoms with Gasteiger partial charge in [-0.1, -0.05) is 19.8 Å². The molecule has 1 heterocycles. The number of hydrogen-bond donors (Lipinski definition) is 1.